The molecular formula is C17H13ClN4O2S. The minimum Gasteiger partial charge on any atom is -0.494 e. The van der Waals surface area contributed by atoms with E-state index in [4.69, 9.17) is 21.6 Å². The summed E-state index contributed by atoms with van der Waals surface area (Å²) in [5.74, 6) is 0.759. The maximum Gasteiger partial charge on any atom is 0.325 e. The van der Waals surface area contributed by atoms with Gasteiger partial charge in [-0.15, -0.1) is 0 Å². The molecule has 126 valence electrons. The van der Waals surface area contributed by atoms with Gasteiger partial charge in [-0.2, -0.15) is 5.26 Å². The van der Waals surface area contributed by atoms with Gasteiger partial charge >= 0.3 is 6.03 Å². The van der Waals surface area contributed by atoms with Crippen molar-refractivity contribution in [2.45, 2.75) is 6.92 Å². The first-order valence-corrected chi connectivity index (χ1v) is 8.59. The van der Waals surface area contributed by atoms with Gasteiger partial charge in [-0.25, -0.2) is 9.78 Å². The lowest BCUT2D eigenvalue weighted by Crippen LogP contribution is -2.19. The number of urea groups is 1. The van der Waals surface area contributed by atoms with Crippen LogP contribution in [0.15, 0.2) is 36.4 Å². The van der Waals surface area contributed by atoms with E-state index in [9.17, 15) is 4.79 Å². The van der Waals surface area contributed by atoms with Crippen LogP contribution in [-0.2, 0) is 0 Å². The van der Waals surface area contributed by atoms with Crippen molar-refractivity contribution in [3.63, 3.8) is 0 Å². The summed E-state index contributed by atoms with van der Waals surface area (Å²) in [6.45, 7) is 2.50. The lowest BCUT2D eigenvalue weighted by Gasteiger charge is -2.07. The number of carbonyl (C=O) groups is 1. The number of amides is 2. The molecule has 0 unspecified atom stereocenters. The second-order valence-corrected chi connectivity index (χ2v) is 6.43. The van der Waals surface area contributed by atoms with Gasteiger partial charge in [0.1, 0.15) is 11.8 Å². The molecule has 0 saturated carbocycles. The third kappa shape index (κ3) is 3.99. The molecule has 0 saturated heterocycles. The van der Waals surface area contributed by atoms with Crippen molar-refractivity contribution >= 4 is 50.0 Å². The van der Waals surface area contributed by atoms with E-state index in [0.717, 1.165) is 16.0 Å². The van der Waals surface area contributed by atoms with Crippen LogP contribution in [0, 0.1) is 11.3 Å². The SMILES string of the molecule is CCOc1ccc2nc(NC(=O)Nc3ccc(Cl)cc3C#N)sc2c1. The average Bonchev–Trinajstić information content (AvgIpc) is 2.98. The van der Waals surface area contributed by atoms with E-state index in [1.54, 1.807) is 12.1 Å². The average molecular weight is 373 g/mol. The predicted octanol–water partition coefficient (Wildman–Crippen LogP) is 4.86. The zero-order chi connectivity index (χ0) is 17.8. The summed E-state index contributed by atoms with van der Waals surface area (Å²) in [7, 11) is 0. The Hall–Kier alpha value is -2.82. The van der Waals surface area contributed by atoms with Gasteiger partial charge in [0.05, 0.1) is 28.1 Å². The molecule has 0 fully saturated rings. The summed E-state index contributed by atoms with van der Waals surface area (Å²) in [6.07, 6.45) is 0. The number of aromatic nitrogens is 1. The predicted molar refractivity (Wildman–Crippen MR) is 99.6 cm³/mol. The Kier molecular flexibility index (Phi) is 5.03. The highest BCUT2D eigenvalue weighted by Gasteiger charge is 2.11. The van der Waals surface area contributed by atoms with Crippen LogP contribution < -0.4 is 15.4 Å². The molecule has 0 bridgehead atoms. The van der Waals surface area contributed by atoms with Crippen molar-refractivity contribution in [2.75, 3.05) is 17.2 Å². The Labute approximate surface area is 153 Å². The number of nitrogens with zero attached hydrogens (tertiary/aromatic N) is 2. The molecule has 0 aliphatic heterocycles. The van der Waals surface area contributed by atoms with Crippen LogP contribution in [0.2, 0.25) is 5.02 Å². The molecule has 0 aliphatic rings. The second-order valence-electron chi connectivity index (χ2n) is 4.96. The molecule has 2 aromatic carbocycles. The normalized spacial score (nSPS) is 10.3. The summed E-state index contributed by atoms with van der Waals surface area (Å²) in [5.41, 5.74) is 1.44. The first kappa shape index (κ1) is 17.0. The Bertz CT molecular complexity index is 980. The van der Waals surface area contributed by atoms with E-state index in [1.165, 1.54) is 17.4 Å². The Balaban J connectivity index is 1.75. The molecule has 2 N–H and O–H groups in total. The molecule has 3 aromatic rings. The maximum absolute atomic E-state index is 12.2. The van der Waals surface area contributed by atoms with Gasteiger partial charge in [-0.05, 0) is 43.3 Å². The topological polar surface area (TPSA) is 87.0 Å². The molecule has 0 radical (unpaired) electrons. The first-order valence-electron chi connectivity index (χ1n) is 7.40. The number of rotatable bonds is 4. The lowest BCUT2D eigenvalue weighted by molar-refractivity contribution is 0.262. The molecule has 0 atom stereocenters. The van der Waals surface area contributed by atoms with Gasteiger partial charge in [-0.3, -0.25) is 5.32 Å². The fraction of sp³-hybridized carbons (Fsp3) is 0.118. The van der Waals surface area contributed by atoms with Crippen LogP contribution in [-0.4, -0.2) is 17.6 Å². The third-order valence-electron chi connectivity index (χ3n) is 3.24. The summed E-state index contributed by atoms with van der Waals surface area (Å²) in [6, 6.07) is 11.7. The Morgan fingerprint density at radius 1 is 1.32 bits per heavy atom. The highest BCUT2D eigenvalue weighted by atomic mass is 35.5. The van der Waals surface area contributed by atoms with E-state index in [2.05, 4.69) is 15.6 Å². The molecule has 6 nitrogen and oxygen atoms in total. The molecule has 8 heteroatoms. The number of benzene rings is 2. The smallest absolute Gasteiger partial charge is 0.325 e. The molecule has 25 heavy (non-hydrogen) atoms. The maximum atomic E-state index is 12.2. The number of hydrogen-bond donors (Lipinski definition) is 2. The first-order chi connectivity index (χ1) is 12.1. The zero-order valence-electron chi connectivity index (χ0n) is 13.2. The van der Waals surface area contributed by atoms with Gasteiger partial charge < -0.3 is 10.1 Å². The van der Waals surface area contributed by atoms with Crippen LogP contribution in [0.25, 0.3) is 10.2 Å². The quantitative estimate of drug-likeness (QED) is 0.684. The minimum atomic E-state index is -0.483. The van der Waals surface area contributed by atoms with Gasteiger partial charge in [0.15, 0.2) is 5.13 Å². The number of carbonyl (C=O) groups excluding carboxylic acids is 1. The second kappa shape index (κ2) is 7.38. The molecule has 3 rings (SSSR count). The van der Waals surface area contributed by atoms with Crippen molar-refractivity contribution in [3.8, 4) is 11.8 Å². The van der Waals surface area contributed by atoms with Crippen molar-refractivity contribution in [3.05, 3.63) is 47.0 Å². The zero-order valence-corrected chi connectivity index (χ0v) is 14.7. The fourth-order valence-corrected chi connectivity index (χ4v) is 3.24. The highest BCUT2D eigenvalue weighted by Crippen LogP contribution is 2.29. The minimum absolute atomic E-state index is 0.285. The lowest BCUT2D eigenvalue weighted by atomic mass is 10.2. The van der Waals surface area contributed by atoms with Gasteiger partial charge in [0.25, 0.3) is 0 Å². The number of fused-ring (bicyclic) bond motifs is 1. The van der Waals surface area contributed by atoms with E-state index >= 15 is 0 Å². The van der Waals surface area contributed by atoms with E-state index in [1.807, 2.05) is 31.2 Å². The summed E-state index contributed by atoms with van der Waals surface area (Å²) in [4.78, 5) is 16.5. The number of anilines is 2. The number of nitrogens with one attached hydrogen (secondary N) is 2. The molecular weight excluding hydrogens is 360 g/mol. The third-order valence-corrected chi connectivity index (χ3v) is 4.41. The van der Waals surface area contributed by atoms with Crippen LogP contribution in [0.5, 0.6) is 5.75 Å². The fourth-order valence-electron chi connectivity index (χ4n) is 2.18. The van der Waals surface area contributed by atoms with Gasteiger partial charge in [0, 0.05) is 5.02 Å². The van der Waals surface area contributed by atoms with E-state index in [0.29, 0.717) is 22.4 Å². The van der Waals surface area contributed by atoms with Crippen molar-refractivity contribution < 1.29 is 9.53 Å². The van der Waals surface area contributed by atoms with Crippen LogP contribution in [0.3, 0.4) is 0 Å². The van der Waals surface area contributed by atoms with Crippen LogP contribution in [0.4, 0.5) is 15.6 Å². The van der Waals surface area contributed by atoms with Gasteiger partial charge in [0.2, 0.25) is 0 Å². The van der Waals surface area contributed by atoms with Crippen molar-refractivity contribution in [1.82, 2.24) is 4.98 Å². The standard InChI is InChI=1S/C17H13ClN4O2S/c1-2-24-12-4-6-14-15(8-12)25-17(21-14)22-16(23)20-13-5-3-11(18)7-10(13)9-19/h3-8H,2H2,1H3,(H2,20,21,22,23). The molecule has 0 aliphatic carbocycles. The van der Waals surface area contributed by atoms with Crippen molar-refractivity contribution in [2.24, 2.45) is 0 Å². The number of nitriles is 1. The summed E-state index contributed by atoms with van der Waals surface area (Å²) >= 11 is 7.18. The highest BCUT2D eigenvalue weighted by molar-refractivity contribution is 7.22. The summed E-state index contributed by atoms with van der Waals surface area (Å²) in [5, 5.41) is 15.3. The largest absolute Gasteiger partial charge is 0.494 e. The van der Waals surface area contributed by atoms with Gasteiger partial charge in [-0.1, -0.05) is 22.9 Å². The van der Waals surface area contributed by atoms with E-state index in [-0.39, 0.29) is 5.56 Å². The van der Waals surface area contributed by atoms with Crippen molar-refractivity contribution in [1.29, 1.82) is 5.26 Å². The van der Waals surface area contributed by atoms with Crippen LogP contribution >= 0.6 is 22.9 Å². The molecule has 1 aromatic heterocycles. The number of hydrogen-bond acceptors (Lipinski definition) is 5. The monoisotopic (exact) mass is 372 g/mol. The molecule has 1 heterocycles. The number of thiazole rings is 1. The van der Waals surface area contributed by atoms with Crippen LogP contribution in [0.1, 0.15) is 12.5 Å². The Morgan fingerprint density at radius 2 is 2.16 bits per heavy atom. The van der Waals surface area contributed by atoms with E-state index < -0.39 is 6.03 Å². The Morgan fingerprint density at radius 3 is 2.92 bits per heavy atom. The summed E-state index contributed by atoms with van der Waals surface area (Å²) < 4.78 is 6.36. The molecule has 0 spiro atoms. The molecule has 2 amide bonds. The number of halogens is 1. The number of ether oxygens (including phenoxy) is 1.